The topological polar surface area (TPSA) is 12.0 Å². The minimum Gasteiger partial charge on any atom is -0.311 e. The van der Waals surface area contributed by atoms with E-state index in [2.05, 4.69) is 61.1 Å². The predicted molar refractivity (Wildman–Crippen MR) is 84.4 cm³/mol. The summed E-state index contributed by atoms with van der Waals surface area (Å²) in [6.07, 6.45) is 2.29. The Labute approximate surface area is 117 Å². The summed E-state index contributed by atoms with van der Waals surface area (Å²) in [7, 11) is 0. The number of hydrogen-bond donors (Lipinski definition) is 1. The van der Waals surface area contributed by atoms with Crippen LogP contribution in [0.1, 0.15) is 25.6 Å². The standard InChI is InChI=1S/C15H19NS2/c1-4-16-12(3)11(2)8-14-9-13(10-18-14)15-6-5-7-17-15/h5-10,12,16H,4H2,1-3H3/b11-8+. The first-order valence-electron chi connectivity index (χ1n) is 6.24. The minimum atomic E-state index is 0.447. The third kappa shape index (κ3) is 3.31. The fourth-order valence-electron chi connectivity index (χ4n) is 1.82. The smallest absolute Gasteiger partial charge is 0.0351 e. The Bertz CT molecular complexity index is 508. The van der Waals surface area contributed by atoms with Crippen LogP contribution in [0.3, 0.4) is 0 Å². The van der Waals surface area contributed by atoms with E-state index < -0.39 is 0 Å². The maximum atomic E-state index is 3.44. The first kappa shape index (κ1) is 13.5. The number of likely N-dealkylation sites (N-methyl/N-ethyl adjacent to an activating group) is 1. The van der Waals surface area contributed by atoms with Gasteiger partial charge in [-0.05, 0) is 49.4 Å². The molecule has 0 bridgehead atoms. The van der Waals surface area contributed by atoms with Crippen LogP contribution in [0, 0.1) is 0 Å². The highest BCUT2D eigenvalue weighted by Crippen LogP contribution is 2.30. The van der Waals surface area contributed by atoms with Gasteiger partial charge in [0.25, 0.3) is 0 Å². The van der Waals surface area contributed by atoms with Gasteiger partial charge in [0.15, 0.2) is 0 Å². The highest BCUT2D eigenvalue weighted by Gasteiger charge is 2.05. The fraction of sp³-hybridized carbons (Fsp3) is 0.333. The van der Waals surface area contributed by atoms with Crippen molar-refractivity contribution in [2.24, 2.45) is 0 Å². The van der Waals surface area contributed by atoms with Gasteiger partial charge in [-0.25, -0.2) is 0 Å². The molecule has 0 fully saturated rings. The van der Waals surface area contributed by atoms with E-state index in [9.17, 15) is 0 Å². The summed E-state index contributed by atoms with van der Waals surface area (Å²) < 4.78 is 0. The van der Waals surface area contributed by atoms with Crippen molar-refractivity contribution in [3.8, 4) is 10.4 Å². The first-order chi connectivity index (χ1) is 8.70. The van der Waals surface area contributed by atoms with Crippen molar-refractivity contribution < 1.29 is 0 Å². The lowest BCUT2D eigenvalue weighted by Gasteiger charge is -2.12. The molecule has 0 aliphatic carbocycles. The van der Waals surface area contributed by atoms with Crippen LogP contribution in [0.5, 0.6) is 0 Å². The van der Waals surface area contributed by atoms with Crippen molar-refractivity contribution in [1.29, 1.82) is 0 Å². The van der Waals surface area contributed by atoms with Gasteiger partial charge >= 0.3 is 0 Å². The Morgan fingerprint density at radius 3 is 2.94 bits per heavy atom. The van der Waals surface area contributed by atoms with E-state index in [4.69, 9.17) is 0 Å². The highest BCUT2D eigenvalue weighted by molar-refractivity contribution is 7.15. The molecule has 1 unspecified atom stereocenters. The van der Waals surface area contributed by atoms with Crippen molar-refractivity contribution in [2.45, 2.75) is 26.8 Å². The van der Waals surface area contributed by atoms with Gasteiger partial charge < -0.3 is 5.32 Å². The molecule has 0 spiro atoms. The molecule has 1 nitrogen and oxygen atoms in total. The zero-order valence-corrected chi connectivity index (χ0v) is 12.7. The number of thiophene rings is 2. The molecule has 2 aromatic heterocycles. The van der Waals surface area contributed by atoms with E-state index in [1.54, 1.807) is 11.3 Å². The molecule has 1 atom stereocenters. The summed E-state index contributed by atoms with van der Waals surface area (Å²) in [5.41, 5.74) is 2.72. The normalized spacial score (nSPS) is 13.8. The minimum absolute atomic E-state index is 0.447. The monoisotopic (exact) mass is 277 g/mol. The lowest BCUT2D eigenvalue weighted by molar-refractivity contribution is 0.636. The summed E-state index contributed by atoms with van der Waals surface area (Å²) in [5.74, 6) is 0. The SMILES string of the molecule is CCNC(C)/C(C)=C/c1cc(-c2cccs2)cs1. The molecular weight excluding hydrogens is 258 g/mol. The van der Waals surface area contributed by atoms with Crippen molar-refractivity contribution in [3.63, 3.8) is 0 Å². The summed E-state index contributed by atoms with van der Waals surface area (Å²) in [6.45, 7) is 7.56. The van der Waals surface area contributed by atoms with Crippen LogP contribution >= 0.6 is 22.7 Å². The van der Waals surface area contributed by atoms with E-state index in [0.717, 1.165) is 6.54 Å². The molecule has 2 heterocycles. The fourth-order valence-corrected chi connectivity index (χ4v) is 3.51. The van der Waals surface area contributed by atoms with Crippen LogP contribution in [-0.2, 0) is 0 Å². The second-order valence-electron chi connectivity index (χ2n) is 4.38. The molecule has 96 valence electrons. The molecule has 0 aliphatic heterocycles. The molecular formula is C15H19NS2. The molecule has 2 aromatic rings. The molecule has 1 N–H and O–H groups in total. The molecule has 2 rings (SSSR count). The average molecular weight is 277 g/mol. The maximum absolute atomic E-state index is 3.44. The highest BCUT2D eigenvalue weighted by atomic mass is 32.1. The molecule has 0 aliphatic rings. The molecule has 0 aromatic carbocycles. The van der Waals surface area contributed by atoms with E-state index in [-0.39, 0.29) is 0 Å². The van der Waals surface area contributed by atoms with Gasteiger partial charge in [0.05, 0.1) is 0 Å². The van der Waals surface area contributed by atoms with Crippen LogP contribution in [0.2, 0.25) is 0 Å². The van der Waals surface area contributed by atoms with Crippen LogP contribution in [0.25, 0.3) is 16.5 Å². The van der Waals surface area contributed by atoms with Gasteiger partial charge in [0, 0.05) is 21.4 Å². The van der Waals surface area contributed by atoms with Crippen LogP contribution < -0.4 is 5.32 Å². The summed E-state index contributed by atoms with van der Waals surface area (Å²) in [5, 5.41) is 7.80. The molecule has 0 saturated carbocycles. The molecule has 0 radical (unpaired) electrons. The Hall–Kier alpha value is -0.900. The van der Waals surface area contributed by atoms with Crippen molar-refractivity contribution in [1.82, 2.24) is 5.32 Å². The molecule has 3 heteroatoms. The second-order valence-corrected chi connectivity index (χ2v) is 6.27. The largest absolute Gasteiger partial charge is 0.311 e. The van der Waals surface area contributed by atoms with Gasteiger partial charge in [-0.15, -0.1) is 22.7 Å². The van der Waals surface area contributed by atoms with Gasteiger partial charge in [0.2, 0.25) is 0 Å². The average Bonchev–Trinajstić information content (AvgIpc) is 2.98. The van der Waals surface area contributed by atoms with Crippen LogP contribution in [0.4, 0.5) is 0 Å². The zero-order chi connectivity index (χ0) is 13.0. The summed E-state index contributed by atoms with van der Waals surface area (Å²) >= 11 is 3.61. The predicted octanol–water partition coefficient (Wildman–Crippen LogP) is 4.88. The van der Waals surface area contributed by atoms with Crippen LogP contribution in [0.15, 0.2) is 34.5 Å². The van der Waals surface area contributed by atoms with E-state index in [1.807, 2.05) is 11.3 Å². The lowest BCUT2D eigenvalue weighted by atomic mass is 10.1. The van der Waals surface area contributed by atoms with Gasteiger partial charge in [0.1, 0.15) is 0 Å². The lowest BCUT2D eigenvalue weighted by Crippen LogP contribution is -2.26. The third-order valence-corrected chi connectivity index (χ3v) is 4.79. The zero-order valence-electron chi connectivity index (χ0n) is 11.1. The Morgan fingerprint density at radius 1 is 1.44 bits per heavy atom. The number of nitrogens with one attached hydrogen (secondary N) is 1. The van der Waals surface area contributed by atoms with Crippen molar-refractivity contribution >= 4 is 28.7 Å². The van der Waals surface area contributed by atoms with Crippen molar-refractivity contribution in [2.75, 3.05) is 6.54 Å². The molecule has 18 heavy (non-hydrogen) atoms. The summed E-state index contributed by atoms with van der Waals surface area (Å²) in [4.78, 5) is 2.68. The Morgan fingerprint density at radius 2 is 2.28 bits per heavy atom. The number of hydrogen-bond acceptors (Lipinski definition) is 3. The maximum Gasteiger partial charge on any atom is 0.0351 e. The van der Waals surface area contributed by atoms with Crippen molar-refractivity contribution in [3.05, 3.63) is 39.4 Å². The summed E-state index contributed by atoms with van der Waals surface area (Å²) in [6, 6.07) is 7.00. The Balaban J connectivity index is 2.13. The van der Waals surface area contributed by atoms with E-state index in [1.165, 1.54) is 20.9 Å². The van der Waals surface area contributed by atoms with E-state index >= 15 is 0 Å². The van der Waals surface area contributed by atoms with Gasteiger partial charge in [-0.1, -0.05) is 18.6 Å². The first-order valence-corrected chi connectivity index (χ1v) is 8.00. The third-order valence-electron chi connectivity index (χ3n) is 2.99. The number of rotatable bonds is 5. The Kier molecular flexibility index (Phi) is 4.75. The van der Waals surface area contributed by atoms with E-state index in [0.29, 0.717) is 6.04 Å². The van der Waals surface area contributed by atoms with Gasteiger partial charge in [-0.3, -0.25) is 0 Å². The molecule has 0 amide bonds. The van der Waals surface area contributed by atoms with Gasteiger partial charge in [-0.2, -0.15) is 0 Å². The van der Waals surface area contributed by atoms with Crippen LogP contribution in [-0.4, -0.2) is 12.6 Å². The molecule has 0 saturated heterocycles. The second kappa shape index (κ2) is 6.32. The quantitative estimate of drug-likeness (QED) is 0.821.